The molecule has 0 saturated carbocycles. The highest BCUT2D eigenvalue weighted by molar-refractivity contribution is 7.11. The number of guanidine groups is 1. The number of rotatable bonds is 8. The summed E-state index contributed by atoms with van der Waals surface area (Å²) in [6.07, 6.45) is 4.31. The molecule has 0 atom stereocenters. The Balaban J connectivity index is 2.40. The molecule has 4 nitrogen and oxygen atoms in total. The Hall–Kier alpha value is -1.10. The Bertz CT molecular complexity index is 412. The predicted molar refractivity (Wildman–Crippen MR) is 88.8 cm³/mol. The molecule has 0 saturated heterocycles. The van der Waals surface area contributed by atoms with E-state index in [0.717, 1.165) is 44.9 Å². The van der Waals surface area contributed by atoms with Crippen molar-refractivity contribution in [2.75, 3.05) is 19.6 Å². The minimum Gasteiger partial charge on any atom is -0.357 e. The second-order valence-corrected chi connectivity index (χ2v) is 6.04. The largest absolute Gasteiger partial charge is 0.357 e. The number of unbranched alkanes of at least 4 members (excludes halogenated alkanes) is 1. The van der Waals surface area contributed by atoms with E-state index in [1.807, 2.05) is 11.3 Å². The van der Waals surface area contributed by atoms with Crippen LogP contribution in [0.2, 0.25) is 0 Å². The average Bonchev–Trinajstić information content (AvgIpc) is 2.79. The maximum Gasteiger partial charge on any atom is 0.191 e. The lowest BCUT2D eigenvalue weighted by molar-refractivity contribution is 0.765. The third-order valence-electron chi connectivity index (χ3n) is 3.03. The van der Waals surface area contributed by atoms with Crippen LogP contribution in [0.4, 0.5) is 0 Å². The van der Waals surface area contributed by atoms with Crippen LogP contribution in [0.25, 0.3) is 0 Å². The van der Waals surface area contributed by atoms with Crippen LogP contribution in [-0.4, -0.2) is 30.6 Å². The van der Waals surface area contributed by atoms with E-state index >= 15 is 0 Å². The summed E-state index contributed by atoms with van der Waals surface area (Å²) >= 11 is 1.81. The first kappa shape index (κ1) is 17.0. The number of nitrogens with one attached hydrogen (secondary N) is 2. The molecule has 0 aliphatic heterocycles. The van der Waals surface area contributed by atoms with Crippen LogP contribution in [0.5, 0.6) is 0 Å². The zero-order valence-electron chi connectivity index (χ0n) is 13.3. The van der Waals surface area contributed by atoms with Crippen LogP contribution in [0.15, 0.2) is 4.99 Å². The van der Waals surface area contributed by atoms with E-state index in [2.05, 4.69) is 48.3 Å². The molecular formula is C15H28N4S. The number of aromatic nitrogens is 1. The third kappa shape index (κ3) is 5.90. The quantitative estimate of drug-likeness (QED) is 0.440. The molecule has 0 amide bonds. The Morgan fingerprint density at radius 2 is 2.05 bits per heavy atom. The van der Waals surface area contributed by atoms with Gasteiger partial charge < -0.3 is 10.6 Å². The van der Waals surface area contributed by atoms with Gasteiger partial charge in [-0.1, -0.05) is 20.3 Å². The molecule has 1 rings (SSSR count). The van der Waals surface area contributed by atoms with Crippen molar-refractivity contribution in [2.45, 2.75) is 53.4 Å². The highest BCUT2D eigenvalue weighted by Gasteiger charge is 2.05. The van der Waals surface area contributed by atoms with Crippen molar-refractivity contribution < 1.29 is 0 Å². The Morgan fingerprint density at radius 1 is 1.25 bits per heavy atom. The molecule has 0 aliphatic carbocycles. The Morgan fingerprint density at radius 3 is 2.65 bits per heavy atom. The van der Waals surface area contributed by atoms with Gasteiger partial charge >= 0.3 is 0 Å². The van der Waals surface area contributed by atoms with E-state index in [1.54, 1.807) is 0 Å². The lowest BCUT2D eigenvalue weighted by atomic mass is 10.3. The summed E-state index contributed by atoms with van der Waals surface area (Å²) in [5, 5.41) is 7.88. The number of hydrogen-bond acceptors (Lipinski definition) is 3. The zero-order chi connectivity index (χ0) is 14.8. The van der Waals surface area contributed by atoms with Crippen molar-refractivity contribution in [3.63, 3.8) is 0 Å². The van der Waals surface area contributed by atoms with Gasteiger partial charge in [-0.3, -0.25) is 4.99 Å². The van der Waals surface area contributed by atoms with E-state index in [1.165, 1.54) is 22.0 Å². The molecule has 2 N–H and O–H groups in total. The Kier molecular flexibility index (Phi) is 8.26. The molecule has 0 bridgehead atoms. The summed E-state index contributed by atoms with van der Waals surface area (Å²) in [5.74, 6) is 0.921. The lowest BCUT2D eigenvalue weighted by Gasteiger charge is -2.10. The molecule has 5 heteroatoms. The van der Waals surface area contributed by atoms with Crippen molar-refractivity contribution in [1.82, 2.24) is 15.6 Å². The average molecular weight is 296 g/mol. The van der Waals surface area contributed by atoms with Crippen LogP contribution in [0.1, 0.15) is 49.2 Å². The van der Waals surface area contributed by atoms with Gasteiger partial charge in [-0.15, -0.1) is 11.3 Å². The van der Waals surface area contributed by atoms with Crippen molar-refractivity contribution in [2.24, 2.45) is 4.99 Å². The maximum atomic E-state index is 4.66. The van der Waals surface area contributed by atoms with Gasteiger partial charge in [-0.05, 0) is 26.7 Å². The van der Waals surface area contributed by atoms with Gasteiger partial charge in [0.15, 0.2) is 5.96 Å². The fourth-order valence-electron chi connectivity index (χ4n) is 1.90. The van der Waals surface area contributed by atoms with E-state index in [4.69, 9.17) is 0 Å². The molecule has 0 aliphatic rings. The number of aliphatic imine (C=N–C) groups is 1. The first-order valence-corrected chi connectivity index (χ1v) is 8.50. The molecule has 1 aromatic rings. The zero-order valence-corrected chi connectivity index (χ0v) is 14.1. The van der Waals surface area contributed by atoms with Gasteiger partial charge in [0.25, 0.3) is 0 Å². The summed E-state index contributed by atoms with van der Waals surface area (Å²) in [6, 6.07) is 0. The summed E-state index contributed by atoms with van der Waals surface area (Å²) in [6.45, 7) is 11.3. The second kappa shape index (κ2) is 9.75. The topological polar surface area (TPSA) is 49.3 Å². The van der Waals surface area contributed by atoms with E-state index in [-0.39, 0.29) is 0 Å². The first-order chi connectivity index (χ1) is 9.71. The van der Waals surface area contributed by atoms with Crippen molar-refractivity contribution in [3.8, 4) is 0 Å². The van der Waals surface area contributed by atoms with Gasteiger partial charge in [0.1, 0.15) is 0 Å². The highest BCUT2D eigenvalue weighted by Crippen LogP contribution is 2.17. The normalized spacial score (nSPS) is 11.7. The molecule has 20 heavy (non-hydrogen) atoms. The van der Waals surface area contributed by atoms with E-state index in [0.29, 0.717) is 0 Å². The van der Waals surface area contributed by atoms with Gasteiger partial charge in [0.2, 0.25) is 0 Å². The van der Waals surface area contributed by atoms with Crippen LogP contribution < -0.4 is 10.6 Å². The molecule has 0 spiro atoms. The SMILES string of the molecule is CCCCN=C(NCC)NCCc1nc(CC)c(C)s1. The summed E-state index contributed by atoms with van der Waals surface area (Å²) in [5.41, 5.74) is 1.24. The molecular weight excluding hydrogens is 268 g/mol. The second-order valence-electron chi connectivity index (χ2n) is 4.76. The monoisotopic (exact) mass is 296 g/mol. The molecule has 1 heterocycles. The fourth-order valence-corrected chi connectivity index (χ4v) is 2.92. The predicted octanol–water partition coefficient (Wildman–Crippen LogP) is 2.91. The Labute approximate surface area is 127 Å². The minimum absolute atomic E-state index is 0.883. The number of aryl methyl sites for hydroxylation is 2. The van der Waals surface area contributed by atoms with Crippen LogP contribution >= 0.6 is 11.3 Å². The molecule has 0 radical (unpaired) electrons. The van der Waals surface area contributed by atoms with Crippen LogP contribution in [-0.2, 0) is 12.8 Å². The van der Waals surface area contributed by atoms with Gasteiger partial charge in [0, 0.05) is 30.9 Å². The van der Waals surface area contributed by atoms with Gasteiger partial charge in [-0.2, -0.15) is 0 Å². The van der Waals surface area contributed by atoms with Crippen LogP contribution in [0, 0.1) is 6.92 Å². The number of nitrogens with zero attached hydrogens (tertiary/aromatic N) is 2. The smallest absolute Gasteiger partial charge is 0.191 e. The highest BCUT2D eigenvalue weighted by atomic mass is 32.1. The first-order valence-electron chi connectivity index (χ1n) is 7.68. The summed E-state index contributed by atoms with van der Waals surface area (Å²) < 4.78 is 0. The van der Waals surface area contributed by atoms with Gasteiger partial charge in [0.05, 0.1) is 10.7 Å². The molecule has 0 fully saturated rings. The van der Waals surface area contributed by atoms with Crippen molar-refractivity contribution in [1.29, 1.82) is 0 Å². The third-order valence-corrected chi connectivity index (χ3v) is 4.10. The van der Waals surface area contributed by atoms with E-state index < -0.39 is 0 Å². The van der Waals surface area contributed by atoms with E-state index in [9.17, 15) is 0 Å². The molecule has 0 aromatic carbocycles. The standard InChI is InChI=1S/C15H28N4S/c1-5-8-10-17-15(16-7-3)18-11-9-14-19-13(6-2)12(4)20-14/h5-11H2,1-4H3,(H2,16,17,18). The fraction of sp³-hybridized carbons (Fsp3) is 0.733. The van der Waals surface area contributed by atoms with Crippen molar-refractivity contribution in [3.05, 3.63) is 15.6 Å². The minimum atomic E-state index is 0.883. The molecule has 0 unspecified atom stereocenters. The van der Waals surface area contributed by atoms with Crippen LogP contribution in [0.3, 0.4) is 0 Å². The lowest BCUT2D eigenvalue weighted by Crippen LogP contribution is -2.38. The molecule has 114 valence electrons. The van der Waals surface area contributed by atoms with Gasteiger partial charge in [-0.25, -0.2) is 4.98 Å². The van der Waals surface area contributed by atoms with Crippen molar-refractivity contribution >= 4 is 17.3 Å². The number of hydrogen-bond donors (Lipinski definition) is 2. The maximum absolute atomic E-state index is 4.66. The molecule has 1 aromatic heterocycles. The summed E-state index contributed by atoms with van der Waals surface area (Å²) in [7, 11) is 0. The summed E-state index contributed by atoms with van der Waals surface area (Å²) in [4.78, 5) is 10.6. The number of thiazole rings is 1.